The van der Waals surface area contributed by atoms with Crippen molar-refractivity contribution >= 4 is 23.3 Å². The van der Waals surface area contributed by atoms with Crippen LogP contribution in [0.2, 0.25) is 0 Å². The Kier molecular flexibility index (Phi) is 4.94. The van der Waals surface area contributed by atoms with Crippen molar-refractivity contribution in [3.05, 3.63) is 21.9 Å². The highest BCUT2D eigenvalue weighted by molar-refractivity contribution is 7.10. The van der Waals surface area contributed by atoms with E-state index in [1.807, 2.05) is 4.90 Å². The molecule has 0 atom stereocenters. The molecule has 1 N–H and O–H groups in total. The molecular weight excluding hydrogens is 302 g/mol. The van der Waals surface area contributed by atoms with Gasteiger partial charge in [0.05, 0.1) is 13.2 Å². The third-order valence-electron chi connectivity index (χ3n) is 4.07. The lowest BCUT2D eigenvalue weighted by Gasteiger charge is -2.28. The smallest absolute Gasteiger partial charge is 0.317 e. The fraction of sp³-hybridized carbons (Fsp3) is 0.600. The van der Waals surface area contributed by atoms with Crippen LogP contribution in [0.5, 0.6) is 0 Å². The molecule has 0 spiro atoms. The molecule has 2 aliphatic heterocycles. The minimum Gasteiger partial charge on any atom is -0.378 e. The first-order chi connectivity index (χ1) is 10.7. The van der Waals surface area contributed by atoms with Gasteiger partial charge in [0, 0.05) is 44.0 Å². The summed E-state index contributed by atoms with van der Waals surface area (Å²) in [4.78, 5) is 29.2. The van der Waals surface area contributed by atoms with Crippen LogP contribution in [0.3, 0.4) is 0 Å². The van der Waals surface area contributed by atoms with E-state index in [2.05, 4.69) is 16.8 Å². The fourth-order valence-electron chi connectivity index (χ4n) is 2.77. The number of hydrogen-bond acceptors (Lipinski definition) is 4. The second-order valence-corrected chi connectivity index (χ2v) is 6.52. The first-order valence-electron chi connectivity index (χ1n) is 7.67. The van der Waals surface area contributed by atoms with Crippen molar-refractivity contribution in [3.63, 3.8) is 0 Å². The monoisotopic (exact) mass is 323 g/mol. The van der Waals surface area contributed by atoms with Gasteiger partial charge in [-0.1, -0.05) is 0 Å². The van der Waals surface area contributed by atoms with Gasteiger partial charge in [-0.25, -0.2) is 4.79 Å². The van der Waals surface area contributed by atoms with E-state index >= 15 is 0 Å². The summed E-state index contributed by atoms with van der Waals surface area (Å²) >= 11 is 1.77. The van der Waals surface area contributed by atoms with Crippen LogP contribution in [0.4, 0.5) is 4.79 Å². The Labute approximate surface area is 134 Å². The molecule has 0 aromatic carbocycles. The molecule has 6 nitrogen and oxygen atoms in total. The Morgan fingerprint density at radius 3 is 2.86 bits per heavy atom. The number of fused-ring (bicyclic) bond motifs is 1. The zero-order valence-electron chi connectivity index (χ0n) is 12.5. The van der Waals surface area contributed by atoms with Crippen LogP contribution < -0.4 is 5.32 Å². The highest BCUT2D eigenvalue weighted by Crippen LogP contribution is 2.24. The predicted octanol–water partition coefficient (Wildman–Crippen LogP) is 1.06. The molecule has 7 heteroatoms. The van der Waals surface area contributed by atoms with Crippen LogP contribution in [0, 0.1) is 0 Å². The lowest BCUT2D eigenvalue weighted by atomic mass is 10.1. The molecule has 2 aliphatic rings. The van der Waals surface area contributed by atoms with Gasteiger partial charge in [0.25, 0.3) is 0 Å². The van der Waals surface area contributed by atoms with Gasteiger partial charge in [-0.05, 0) is 23.4 Å². The largest absolute Gasteiger partial charge is 0.378 e. The van der Waals surface area contributed by atoms with Gasteiger partial charge in [-0.3, -0.25) is 4.79 Å². The molecule has 0 unspecified atom stereocenters. The Bertz CT molecular complexity index is 540. The van der Waals surface area contributed by atoms with Gasteiger partial charge in [0.2, 0.25) is 5.91 Å². The number of morpholine rings is 1. The number of carbonyl (C=O) groups excluding carboxylic acids is 2. The van der Waals surface area contributed by atoms with Gasteiger partial charge in [0.1, 0.15) is 0 Å². The Morgan fingerprint density at radius 1 is 1.23 bits per heavy atom. The van der Waals surface area contributed by atoms with E-state index in [9.17, 15) is 9.59 Å². The minimum absolute atomic E-state index is 0.102. The molecule has 120 valence electrons. The molecule has 0 bridgehead atoms. The van der Waals surface area contributed by atoms with Crippen LogP contribution in [0.1, 0.15) is 16.9 Å². The Morgan fingerprint density at radius 2 is 2.05 bits per heavy atom. The first-order valence-corrected chi connectivity index (χ1v) is 8.55. The van der Waals surface area contributed by atoms with Crippen LogP contribution in [-0.2, 0) is 22.5 Å². The minimum atomic E-state index is -0.102. The summed E-state index contributed by atoms with van der Waals surface area (Å²) in [7, 11) is 0. The lowest BCUT2D eigenvalue weighted by Crippen LogP contribution is -2.47. The normalized spacial score (nSPS) is 18.0. The lowest BCUT2D eigenvalue weighted by molar-refractivity contribution is -0.131. The molecule has 3 rings (SSSR count). The van der Waals surface area contributed by atoms with Crippen molar-refractivity contribution < 1.29 is 14.3 Å². The summed E-state index contributed by atoms with van der Waals surface area (Å²) in [6.07, 6.45) is 1.30. The number of amides is 3. The number of nitrogens with one attached hydrogen (secondary N) is 1. The summed E-state index contributed by atoms with van der Waals surface area (Å²) in [6, 6.07) is 1.99. The second-order valence-electron chi connectivity index (χ2n) is 5.52. The average molecular weight is 323 g/mol. The molecule has 1 aromatic rings. The van der Waals surface area contributed by atoms with Gasteiger partial charge in [-0.2, -0.15) is 0 Å². The van der Waals surface area contributed by atoms with Crippen molar-refractivity contribution in [2.45, 2.75) is 19.4 Å². The fourth-order valence-corrected chi connectivity index (χ4v) is 3.66. The predicted molar refractivity (Wildman–Crippen MR) is 83.8 cm³/mol. The molecule has 0 radical (unpaired) electrons. The molecule has 1 saturated heterocycles. The van der Waals surface area contributed by atoms with Crippen LogP contribution in [0.15, 0.2) is 11.4 Å². The van der Waals surface area contributed by atoms with Crippen molar-refractivity contribution in [2.24, 2.45) is 0 Å². The van der Waals surface area contributed by atoms with E-state index in [0.29, 0.717) is 45.8 Å². The molecule has 3 heterocycles. The maximum Gasteiger partial charge on any atom is 0.317 e. The van der Waals surface area contributed by atoms with Crippen molar-refractivity contribution in [3.8, 4) is 0 Å². The number of urea groups is 1. The zero-order valence-corrected chi connectivity index (χ0v) is 13.4. The van der Waals surface area contributed by atoms with E-state index in [0.717, 1.165) is 13.0 Å². The van der Waals surface area contributed by atoms with E-state index in [1.54, 1.807) is 16.2 Å². The van der Waals surface area contributed by atoms with E-state index in [-0.39, 0.29) is 11.9 Å². The summed E-state index contributed by atoms with van der Waals surface area (Å²) in [5.41, 5.74) is 1.27. The number of thiophene rings is 1. The molecule has 22 heavy (non-hydrogen) atoms. The quantitative estimate of drug-likeness (QED) is 0.905. The first kappa shape index (κ1) is 15.3. The molecule has 1 aromatic heterocycles. The standard InChI is InChI=1S/C15H21N3O3S/c19-14(18-5-2-13-12(11-18)3-10-22-13)1-4-16-15(20)17-6-8-21-9-7-17/h3,10H,1-2,4-9,11H2,(H,16,20). The van der Waals surface area contributed by atoms with E-state index in [4.69, 9.17) is 4.74 Å². The topological polar surface area (TPSA) is 61.9 Å². The highest BCUT2D eigenvalue weighted by atomic mass is 32.1. The third kappa shape index (κ3) is 3.59. The van der Waals surface area contributed by atoms with Crippen molar-refractivity contribution in [1.82, 2.24) is 15.1 Å². The van der Waals surface area contributed by atoms with Gasteiger partial charge in [-0.15, -0.1) is 11.3 Å². The maximum absolute atomic E-state index is 12.2. The maximum atomic E-state index is 12.2. The number of carbonyl (C=O) groups is 2. The van der Waals surface area contributed by atoms with Gasteiger partial charge < -0.3 is 19.9 Å². The molecule has 0 aliphatic carbocycles. The summed E-state index contributed by atoms with van der Waals surface area (Å²) < 4.78 is 5.21. The van der Waals surface area contributed by atoms with Crippen LogP contribution >= 0.6 is 11.3 Å². The number of nitrogens with zero attached hydrogens (tertiary/aromatic N) is 2. The third-order valence-corrected chi connectivity index (χ3v) is 5.10. The average Bonchev–Trinajstić information content (AvgIpc) is 3.03. The highest BCUT2D eigenvalue weighted by Gasteiger charge is 2.22. The van der Waals surface area contributed by atoms with Crippen LogP contribution in [0.25, 0.3) is 0 Å². The van der Waals surface area contributed by atoms with Crippen molar-refractivity contribution in [2.75, 3.05) is 39.4 Å². The molecule has 0 saturated carbocycles. The summed E-state index contributed by atoms with van der Waals surface area (Å²) in [5.74, 6) is 0.110. The number of ether oxygens (including phenoxy) is 1. The molecule has 1 fully saturated rings. The number of hydrogen-bond donors (Lipinski definition) is 1. The van der Waals surface area contributed by atoms with Gasteiger partial charge >= 0.3 is 6.03 Å². The second kappa shape index (κ2) is 7.11. The Balaban J connectivity index is 1.40. The van der Waals surface area contributed by atoms with Crippen LogP contribution in [-0.4, -0.2) is 61.1 Å². The Hall–Kier alpha value is -1.60. The van der Waals surface area contributed by atoms with E-state index in [1.165, 1.54) is 10.4 Å². The summed E-state index contributed by atoms with van der Waals surface area (Å²) in [5, 5.41) is 4.91. The van der Waals surface area contributed by atoms with Crippen molar-refractivity contribution in [1.29, 1.82) is 0 Å². The zero-order chi connectivity index (χ0) is 15.4. The SMILES string of the molecule is O=C(CCNC(=O)N1CCOCC1)N1CCc2sccc2C1. The number of rotatable bonds is 3. The molecule has 3 amide bonds. The van der Waals surface area contributed by atoms with E-state index < -0.39 is 0 Å². The van der Waals surface area contributed by atoms with Gasteiger partial charge in [0.15, 0.2) is 0 Å². The summed E-state index contributed by atoms with van der Waals surface area (Å²) in [6.45, 7) is 4.28. The molecular formula is C15H21N3O3S.